The number of carbonyl (C=O) groups excluding carboxylic acids is 2. The fourth-order valence-corrected chi connectivity index (χ4v) is 2.13. The Labute approximate surface area is 100 Å². The molecule has 1 aromatic rings. The minimum Gasteiger partial charge on any atom is -0.354 e. The first-order valence-corrected chi connectivity index (χ1v) is 5.91. The Morgan fingerprint density at radius 1 is 1.56 bits per heavy atom. The van der Waals surface area contributed by atoms with Crippen LogP contribution in [-0.2, 0) is 4.79 Å². The standard InChI is InChI=1S/C8H9ClN4O2S/c9-8-13-12-7(16-8)6(15)11-4-1-2-5(14)10-3-4/h4H,1-3H2,(H,10,14)(H,11,15). The van der Waals surface area contributed by atoms with Crippen molar-refractivity contribution in [1.29, 1.82) is 0 Å². The lowest BCUT2D eigenvalue weighted by Crippen LogP contribution is -2.47. The van der Waals surface area contributed by atoms with Gasteiger partial charge >= 0.3 is 0 Å². The monoisotopic (exact) mass is 260 g/mol. The first kappa shape index (κ1) is 11.3. The van der Waals surface area contributed by atoms with Crippen LogP contribution in [0.4, 0.5) is 0 Å². The van der Waals surface area contributed by atoms with Gasteiger partial charge in [0.15, 0.2) is 0 Å². The number of piperidine rings is 1. The number of nitrogens with one attached hydrogen (secondary N) is 2. The lowest BCUT2D eigenvalue weighted by atomic mass is 10.1. The zero-order valence-corrected chi connectivity index (χ0v) is 9.77. The van der Waals surface area contributed by atoms with E-state index in [1.807, 2.05) is 0 Å². The smallest absolute Gasteiger partial charge is 0.282 e. The molecule has 2 N–H and O–H groups in total. The number of nitrogens with zero attached hydrogens (tertiary/aromatic N) is 2. The van der Waals surface area contributed by atoms with Crippen molar-refractivity contribution in [3.05, 3.63) is 9.47 Å². The molecule has 1 aromatic heterocycles. The molecule has 6 nitrogen and oxygen atoms in total. The third-order valence-corrected chi connectivity index (χ3v) is 3.21. The molecular formula is C8H9ClN4O2S. The highest BCUT2D eigenvalue weighted by Crippen LogP contribution is 2.15. The molecule has 0 saturated carbocycles. The van der Waals surface area contributed by atoms with Gasteiger partial charge < -0.3 is 10.6 Å². The van der Waals surface area contributed by atoms with E-state index in [9.17, 15) is 9.59 Å². The predicted molar refractivity (Wildman–Crippen MR) is 58.4 cm³/mol. The lowest BCUT2D eigenvalue weighted by Gasteiger charge is -2.22. The summed E-state index contributed by atoms with van der Waals surface area (Å²) in [5, 5.41) is 12.9. The van der Waals surface area contributed by atoms with E-state index in [0.29, 0.717) is 19.4 Å². The summed E-state index contributed by atoms with van der Waals surface area (Å²) in [4.78, 5) is 22.5. The van der Waals surface area contributed by atoms with Crippen molar-refractivity contribution >= 4 is 34.8 Å². The molecule has 1 aliphatic heterocycles. The lowest BCUT2D eigenvalue weighted by molar-refractivity contribution is -0.122. The van der Waals surface area contributed by atoms with Crippen molar-refractivity contribution in [3.8, 4) is 0 Å². The molecule has 1 unspecified atom stereocenters. The Morgan fingerprint density at radius 2 is 2.38 bits per heavy atom. The van der Waals surface area contributed by atoms with E-state index >= 15 is 0 Å². The molecule has 0 aromatic carbocycles. The predicted octanol–water partition coefficient (Wildman–Crippen LogP) is 0.200. The Hall–Kier alpha value is -1.21. The first-order valence-electron chi connectivity index (χ1n) is 4.71. The van der Waals surface area contributed by atoms with Crippen molar-refractivity contribution in [1.82, 2.24) is 20.8 Å². The van der Waals surface area contributed by atoms with Crippen LogP contribution in [0.15, 0.2) is 0 Å². The molecule has 0 spiro atoms. The molecule has 0 radical (unpaired) electrons. The minimum absolute atomic E-state index is 0.0180. The highest BCUT2D eigenvalue weighted by Gasteiger charge is 2.21. The average molecular weight is 261 g/mol. The summed E-state index contributed by atoms with van der Waals surface area (Å²) >= 11 is 6.60. The van der Waals surface area contributed by atoms with E-state index in [0.717, 1.165) is 11.3 Å². The first-order chi connectivity index (χ1) is 7.65. The van der Waals surface area contributed by atoms with Crippen LogP contribution >= 0.6 is 22.9 Å². The van der Waals surface area contributed by atoms with Crippen molar-refractivity contribution < 1.29 is 9.59 Å². The maximum absolute atomic E-state index is 11.6. The number of amides is 2. The van der Waals surface area contributed by atoms with Crippen LogP contribution in [0.1, 0.15) is 22.6 Å². The molecule has 1 saturated heterocycles. The Kier molecular flexibility index (Phi) is 3.35. The summed E-state index contributed by atoms with van der Waals surface area (Å²) in [6.07, 6.45) is 1.08. The molecule has 2 heterocycles. The van der Waals surface area contributed by atoms with E-state index in [-0.39, 0.29) is 27.3 Å². The van der Waals surface area contributed by atoms with E-state index in [2.05, 4.69) is 20.8 Å². The summed E-state index contributed by atoms with van der Waals surface area (Å²) in [6.45, 7) is 0.455. The second-order valence-electron chi connectivity index (χ2n) is 3.37. The van der Waals surface area contributed by atoms with Gasteiger partial charge in [-0.15, -0.1) is 10.2 Å². The second-order valence-corrected chi connectivity index (χ2v) is 4.93. The van der Waals surface area contributed by atoms with Crippen LogP contribution in [0, 0.1) is 0 Å². The maximum Gasteiger partial charge on any atom is 0.282 e. The van der Waals surface area contributed by atoms with Crippen LogP contribution < -0.4 is 10.6 Å². The summed E-state index contributed by atoms with van der Waals surface area (Å²) in [5.74, 6) is -0.282. The van der Waals surface area contributed by atoms with Crippen molar-refractivity contribution in [2.75, 3.05) is 6.54 Å². The van der Waals surface area contributed by atoms with Gasteiger partial charge in [-0.25, -0.2) is 0 Å². The van der Waals surface area contributed by atoms with Crippen LogP contribution in [0.2, 0.25) is 4.47 Å². The molecule has 86 valence electrons. The highest BCUT2D eigenvalue weighted by molar-refractivity contribution is 7.17. The molecule has 0 bridgehead atoms. The molecule has 1 atom stereocenters. The molecule has 1 aliphatic rings. The van der Waals surface area contributed by atoms with Crippen molar-refractivity contribution in [3.63, 3.8) is 0 Å². The topological polar surface area (TPSA) is 84.0 Å². The summed E-state index contributed by atoms with van der Waals surface area (Å²) in [7, 11) is 0. The number of aromatic nitrogens is 2. The normalized spacial score (nSPS) is 20.3. The summed E-state index contributed by atoms with van der Waals surface area (Å²) in [5.41, 5.74) is 0. The van der Waals surface area contributed by atoms with Crippen LogP contribution in [-0.4, -0.2) is 34.6 Å². The molecule has 8 heteroatoms. The zero-order valence-electron chi connectivity index (χ0n) is 8.20. The molecule has 0 aliphatic carbocycles. The van der Waals surface area contributed by atoms with E-state index < -0.39 is 0 Å². The fraction of sp³-hybridized carbons (Fsp3) is 0.500. The number of halogens is 1. The van der Waals surface area contributed by atoms with Crippen LogP contribution in [0.3, 0.4) is 0 Å². The van der Waals surface area contributed by atoms with E-state index in [1.54, 1.807) is 0 Å². The molecule has 2 amide bonds. The van der Waals surface area contributed by atoms with Gasteiger partial charge in [-0.05, 0) is 18.0 Å². The van der Waals surface area contributed by atoms with Gasteiger partial charge in [0.05, 0.1) is 0 Å². The van der Waals surface area contributed by atoms with Gasteiger partial charge in [-0.2, -0.15) is 0 Å². The van der Waals surface area contributed by atoms with Gasteiger partial charge in [0.1, 0.15) is 0 Å². The van der Waals surface area contributed by atoms with Crippen molar-refractivity contribution in [2.45, 2.75) is 18.9 Å². The van der Waals surface area contributed by atoms with Gasteiger partial charge in [0.25, 0.3) is 5.91 Å². The SMILES string of the molecule is O=C1CCC(NC(=O)c2nnc(Cl)s2)CN1. The van der Waals surface area contributed by atoms with Gasteiger partial charge in [0, 0.05) is 19.0 Å². The van der Waals surface area contributed by atoms with E-state index in [1.165, 1.54) is 0 Å². The van der Waals surface area contributed by atoms with Crippen LogP contribution in [0.5, 0.6) is 0 Å². The minimum atomic E-state index is -0.300. The molecule has 2 rings (SSSR count). The number of carbonyl (C=O) groups is 2. The third kappa shape index (κ3) is 2.67. The van der Waals surface area contributed by atoms with Crippen molar-refractivity contribution in [2.24, 2.45) is 0 Å². The van der Waals surface area contributed by atoms with Gasteiger partial charge in [-0.1, -0.05) is 11.3 Å². The average Bonchev–Trinajstić information content (AvgIpc) is 2.68. The summed E-state index contributed by atoms with van der Waals surface area (Å²) in [6, 6.07) is -0.0483. The fourth-order valence-electron chi connectivity index (χ4n) is 1.40. The van der Waals surface area contributed by atoms with Gasteiger partial charge in [-0.3, -0.25) is 9.59 Å². The molecular weight excluding hydrogens is 252 g/mol. The molecule has 1 fully saturated rings. The number of hydrogen-bond acceptors (Lipinski definition) is 5. The number of rotatable bonds is 2. The zero-order chi connectivity index (χ0) is 11.5. The molecule has 16 heavy (non-hydrogen) atoms. The largest absolute Gasteiger partial charge is 0.354 e. The quantitative estimate of drug-likeness (QED) is 0.796. The Bertz CT molecular complexity index is 412. The Balaban J connectivity index is 1.90. The highest BCUT2D eigenvalue weighted by atomic mass is 35.5. The van der Waals surface area contributed by atoms with Crippen LogP contribution in [0.25, 0.3) is 0 Å². The third-order valence-electron chi connectivity index (χ3n) is 2.20. The number of hydrogen-bond donors (Lipinski definition) is 2. The van der Waals surface area contributed by atoms with Gasteiger partial charge in [0.2, 0.25) is 15.4 Å². The second kappa shape index (κ2) is 4.75. The maximum atomic E-state index is 11.6. The summed E-state index contributed by atoms with van der Waals surface area (Å²) < 4.78 is 0.238. The Morgan fingerprint density at radius 3 is 2.94 bits per heavy atom. The van der Waals surface area contributed by atoms with E-state index in [4.69, 9.17) is 11.6 Å².